The van der Waals surface area contributed by atoms with Gasteiger partial charge < -0.3 is 24.1 Å². The molecule has 0 bridgehead atoms. The van der Waals surface area contributed by atoms with E-state index in [0.717, 1.165) is 43.7 Å². The fraction of sp³-hybridized carbons (Fsp3) is 0.500. The highest BCUT2D eigenvalue weighted by atomic mass is 31.2. The van der Waals surface area contributed by atoms with Gasteiger partial charge in [0.2, 0.25) is 0 Å². The number of piperidine rings is 1. The number of aromatic hydroxyl groups is 1. The van der Waals surface area contributed by atoms with Crippen LogP contribution in [0.1, 0.15) is 68.3 Å². The minimum Gasteiger partial charge on any atom is -0.507 e. The number of benzene rings is 1. The smallest absolute Gasteiger partial charge is 0.507 e. The van der Waals surface area contributed by atoms with Crippen LogP contribution in [0.2, 0.25) is 0 Å². The minimum absolute atomic E-state index is 0.0736. The lowest BCUT2D eigenvalue weighted by atomic mass is 9.98. The van der Waals surface area contributed by atoms with Crippen molar-refractivity contribution in [1.29, 1.82) is 0 Å². The van der Waals surface area contributed by atoms with Crippen LogP contribution < -0.4 is 4.52 Å². The number of carbonyl (C=O) groups is 2. The minimum atomic E-state index is -4.94. The monoisotopic (exact) mass is 550 g/mol. The highest BCUT2D eigenvalue weighted by Gasteiger charge is 2.25. The third-order valence-corrected chi connectivity index (χ3v) is 6.56. The maximum Gasteiger partial charge on any atom is 0.524 e. The predicted octanol–water partition coefficient (Wildman–Crippen LogP) is 4.02. The summed E-state index contributed by atoms with van der Waals surface area (Å²) < 4.78 is 21.6. The number of rotatable bonds is 5. The van der Waals surface area contributed by atoms with Crippen molar-refractivity contribution in [3.63, 3.8) is 0 Å². The van der Waals surface area contributed by atoms with E-state index < -0.39 is 25.6 Å². The molecule has 0 spiro atoms. The van der Waals surface area contributed by atoms with Crippen LogP contribution in [0.25, 0.3) is 0 Å². The molecular weight excluding hydrogens is 515 g/mol. The summed E-state index contributed by atoms with van der Waals surface area (Å²) in [5.74, 6) is -1.87. The molecule has 0 saturated carbocycles. The number of amides is 1. The zero-order valence-electron chi connectivity index (χ0n) is 21.7. The second-order valence-electron chi connectivity index (χ2n) is 9.49. The number of esters is 1. The Morgan fingerprint density at radius 2 is 1.95 bits per heavy atom. The molecule has 1 aromatic carbocycles. The van der Waals surface area contributed by atoms with Gasteiger partial charge in [-0.2, -0.15) is 0 Å². The first-order chi connectivity index (χ1) is 18.0. The molecule has 12 heteroatoms. The Kier molecular flexibility index (Phi) is 10.5. The molecule has 1 atom stereocenters. The molecule has 2 aliphatic heterocycles. The number of nitrogens with zero attached hydrogens (tertiary/aromatic N) is 2. The summed E-state index contributed by atoms with van der Waals surface area (Å²) in [5.41, 5.74) is 1.27. The first-order valence-electron chi connectivity index (χ1n) is 12.6. The van der Waals surface area contributed by atoms with Gasteiger partial charge in [0.25, 0.3) is 5.91 Å². The molecule has 208 valence electrons. The van der Waals surface area contributed by atoms with Crippen molar-refractivity contribution in [2.24, 2.45) is 5.16 Å². The molecule has 1 unspecified atom stereocenters. The Balaban J connectivity index is 1.96. The van der Waals surface area contributed by atoms with Gasteiger partial charge in [0.1, 0.15) is 23.2 Å². The lowest BCUT2D eigenvalue weighted by molar-refractivity contribution is -0.137. The van der Waals surface area contributed by atoms with Gasteiger partial charge in [-0.05, 0) is 63.7 Å². The van der Waals surface area contributed by atoms with Gasteiger partial charge in [-0.3, -0.25) is 14.6 Å². The second kappa shape index (κ2) is 13.6. The number of hydrogen-bond acceptors (Lipinski definition) is 8. The van der Waals surface area contributed by atoms with E-state index in [4.69, 9.17) is 9.57 Å². The lowest BCUT2D eigenvalue weighted by Gasteiger charge is -2.26. The number of ether oxygens (including phenoxy) is 1. The molecule has 2 aliphatic rings. The zero-order valence-corrected chi connectivity index (χ0v) is 22.6. The van der Waals surface area contributed by atoms with E-state index in [-0.39, 0.29) is 35.8 Å². The number of carbonyl (C=O) groups excluding carboxylic acids is 2. The van der Waals surface area contributed by atoms with Gasteiger partial charge in [-0.25, -0.2) is 9.36 Å². The molecule has 11 nitrogen and oxygen atoms in total. The number of phenols is 1. The summed E-state index contributed by atoms with van der Waals surface area (Å²) in [6.45, 7) is 4.75. The van der Waals surface area contributed by atoms with E-state index in [1.54, 1.807) is 17.9 Å². The number of phosphoric ester groups is 1. The third kappa shape index (κ3) is 9.31. The van der Waals surface area contributed by atoms with E-state index in [2.05, 4.69) is 9.68 Å². The van der Waals surface area contributed by atoms with E-state index in [1.807, 2.05) is 19.1 Å². The second-order valence-corrected chi connectivity index (χ2v) is 10.6. The Morgan fingerprint density at radius 1 is 1.21 bits per heavy atom. The van der Waals surface area contributed by atoms with Gasteiger partial charge in [-0.1, -0.05) is 22.9 Å². The molecule has 0 aliphatic carbocycles. The Bertz CT molecular complexity index is 1150. The van der Waals surface area contributed by atoms with Crippen LogP contribution in [0.4, 0.5) is 0 Å². The molecule has 38 heavy (non-hydrogen) atoms. The lowest BCUT2D eigenvalue weighted by Crippen LogP contribution is -2.37. The molecule has 1 saturated heterocycles. The molecule has 0 radical (unpaired) electrons. The van der Waals surface area contributed by atoms with E-state index >= 15 is 0 Å². The number of oxime groups is 1. The van der Waals surface area contributed by atoms with Crippen molar-refractivity contribution < 1.29 is 43.1 Å². The number of hydrogen-bond donors (Lipinski definition) is 3. The first kappa shape index (κ1) is 29.4. The number of allylic oxidation sites excluding steroid dienone is 3. The van der Waals surface area contributed by atoms with Crippen molar-refractivity contribution >= 4 is 25.4 Å². The van der Waals surface area contributed by atoms with Crippen LogP contribution in [0.5, 0.6) is 11.5 Å². The van der Waals surface area contributed by atoms with E-state index in [0.29, 0.717) is 25.2 Å². The largest absolute Gasteiger partial charge is 0.524 e. The molecule has 3 rings (SSSR count). The SMILES string of the molecule is C/C1=C\C(=N/OCC(=O)N2CCCCC2)Cc2cc(OP(=O)(O)O)cc(O)c2C(=O)OC(C)C/C=C/CC1. The van der Waals surface area contributed by atoms with Crippen molar-refractivity contribution in [3.8, 4) is 11.5 Å². The van der Waals surface area contributed by atoms with Crippen LogP contribution in [0.15, 0.2) is 41.1 Å². The number of fused-ring (bicyclic) bond motifs is 1. The van der Waals surface area contributed by atoms with Gasteiger partial charge >= 0.3 is 13.8 Å². The summed E-state index contributed by atoms with van der Waals surface area (Å²) in [6.07, 6.45) is 10.1. The van der Waals surface area contributed by atoms with Crippen molar-refractivity contribution in [2.75, 3.05) is 19.7 Å². The average molecular weight is 551 g/mol. The van der Waals surface area contributed by atoms with Gasteiger partial charge in [0.05, 0.1) is 5.71 Å². The normalized spacial score (nSPS) is 22.9. The van der Waals surface area contributed by atoms with Gasteiger partial charge in [-0.15, -0.1) is 0 Å². The molecule has 3 N–H and O–H groups in total. The topological polar surface area (TPSA) is 155 Å². The number of phosphoric acid groups is 1. The standard InChI is InChI=1S/C26H35N2O9P/c1-18-9-5-3-6-10-19(2)36-26(31)25-20(15-22(16-23(25)29)37-38(32,33)34)14-21(13-18)27-35-17-24(30)28-11-7-4-8-12-28/h3,6,13,15-16,19,29H,4-5,7-12,14,17H2,1-2H3,(H2,32,33,34)/b6-3+,18-13+,27-21+. The summed E-state index contributed by atoms with van der Waals surface area (Å²) in [4.78, 5) is 51.1. The van der Waals surface area contributed by atoms with Crippen LogP contribution >= 0.6 is 7.82 Å². The summed E-state index contributed by atoms with van der Waals surface area (Å²) in [5, 5.41) is 14.8. The van der Waals surface area contributed by atoms with Gasteiger partial charge in [0.15, 0.2) is 6.61 Å². The zero-order chi connectivity index (χ0) is 27.7. The molecule has 1 amide bonds. The first-order valence-corrected chi connectivity index (χ1v) is 14.2. The fourth-order valence-corrected chi connectivity index (χ4v) is 4.67. The molecule has 1 aromatic rings. The summed E-state index contributed by atoms with van der Waals surface area (Å²) >= 11 is 0. The fourth-order valence-electron chi connectivity index (χ4n) is 4.29. The number of cyclic esters (lactones) is 1. The van der Waals surface area contributed by atoms with Crippen molar-refractivity contribution in [1.82, 2.24) is 4.90 Å². The third-order valence-electron chi connectivity index (χ3n) is 6.11. The number of likely N-dealkylation sites (tertiary alicyclic amines) is 1. The average Bonchev–Trinajstić information content (AvgIpc) is 2.82. The quantitative estimate of drug-likeness (QED) is 0.213. The van der Waals surface area contributed by atoms with Crippen LogP contribution in [-0.2, 0) is 25.4 Å². The van der Waals surface area contributed by atoms with Crippen LogP contribution in [0, 0.1) is 0 Å². The Morgan fingerprint density at radius 3 is 2.66 bits per heavy atom. The van der Waals surface area contributed by atoms with Crippen LogP contribution in [0.3, 0.4) is 0 Å². The van der Waals surface area contributed by atoms with Gasteiger partial charge in [0, 0.05) is 32.0 Å². The maximum absolute atomic E-state index is 13.0. The highest BCUT2D eigenvalue weighted by Crippen LogP contribution is 2.40. The van der Waals surface area contributed by atoms with Crippen molar-refractivity contribution in [2.45, 2.75) is 64.9 Å². The predicted molar refractivity (Wildman–Crippen MR) is 140 cm³/mol. The highest BCUT2D eigenvalue weighted by molar-refractivity contribution is 7.46. The van der Waals surface area contributed by atoms with E-state index in [9.17, 15) is 29.0 Å². The Labute approximate surface area is 222 Å². The maximum atomic E-state index is 13.0. The summed E-state index contributed by atoms with van der Waals surface area (Å²) in [7, 11) is -4.94. The molecule has 2 heterocycles. The van der Waals surface area contributed by atoms with Crippen molar-refractivity contribution in [3.05, 3.63) is 47.1 Å². The molecular formula is C26H35N2O9P. The van der Waals surface area contributed by atoms with E-state index in [1.165, 1.54) is 6.07 Å². The number of phenolic OH excluding ortho intramolecular Hbond substituents is 1. The molecule has 1 fully saturated rings. The Hall–Kier alpha value is -3.14. The molecule has 0 aromatic heterocycles. The van der Waals surface area contributed by atoms with Crippen LogP contribution in [-0.4, -0.2) is 63.2 Å². The summed E-state index contributed by atoms with van der Waals surface area (Å²) in [6, 6.07) is 2.18.